The van der Waals surface area contributed by atoms with E-state index in [2.05, 4.69) is 27.2 Å². The number of imidazole rings is 1. The zero-order valence-corrected chi connectivity index (χ0v) is 16.8. The lowest BCUT2D eigenvalue weighted by Gasteiger charge is -2.10. The van der Waals surface area contributed by atoms with E-state index < -0.39 is 23.2 Å². The number of nitrogens with zero attached hydrogens (tertiary/aromatic N) is 4. The molecule has 0 spiro atoms. The minimum Gasteiger partial charge on any atom is -0.394 e. The van der Waals surface area contributed by atoms with Crippen LogP contribution in [0.4, 0.5) is 20.3 Å². The Hall–Kier alpha value is -3.30. The maximum Gasteiger partial charge on any atom is 0.251 e. The number of aromatic nitrogens is 4. The summed E-state index contributed by atoms with van der Waals surface area (Å²) in [5.41, 5.74) is 11.8. The van der Waals surface area contributed by atoms with Crippen molar-refractivity contribution in [2.24, 2.45) is 0 Å². The minimum atomic E-state index is -0.951. The van der Waals surface area contributed by atoms with Gasteiger partial charge in [0.15, 0.2) is 17.0 Å². The first-order valence-electron chi connectivity index (χ1n) is 9.90. The van der Waals surface area contributed by atoms with Gasteiger partial charge in [-0.15, -0.1) is 0 Å². The Morgan fingerprint density at radius 1 is 1.13 bits per heavy atom. The van der Waals surface area contributed by atoms with Gasteiger partial charge in [-0.05, 0) is 31.4 Å². The molecular formula is C20H25F2N7O. The van der Waals surface area contributed by atoms with E-state index >= 15 is 0 Å². The normalized spacial score (nSPS) is 11.2. The summed E-state index contributed by atoms with van der Waals surface area (Å²) in [4.78, 5) is 25.0. The molecule has 3 rings (SSSR count). The van der Waals surface area contributed by atoms with E-state index in [1.54, 1.807) is 0 Å². The average Bonchev–Trinajstić information content (AvgIpc) is 3.08. The van der Waals surface area contributed by atoms with E-state index in [0.29, 0.717) is 36.5 Å². The van der Waals surface area contributed by atoms with E-state index in [9.17, 15) is 13.6 Å². The van der Waals surface area contributed by atoms with Gasteiger partial charge in [0, 0.05) is 25.1 Å². The molecule has 2 aromatic heterocycles. The highest BCUT2D eigenvalue weighted by atomic mass is 19.1. The number of carbonyl (C=O) groups is 1. The fourth-order valence-corrected chi connectivity index (χ4v) is 3.17. The summed E-state index contributed by atoms with van der Waals surface area (Å²) >= 11 is 0. The number of nitrogen functional groups attached to an aromatic ring is 2. The molecule has 3 aromatic rings. The van der Waals surface area contributed by atoms with Crippen molar-refractivity contribution in [3.05, 3.63) is 41.5 Å². The maximum atomic E-state index is 13.5. The van der Waals surface area contributed by atoms with Crippen molar-refractivity contribution in [1.82, 2.24) is 24.8 Å². The number of hydrogen-bond acceptors (Lipinski definition) is 6. The fraction of sp³-hybridized carbons (Fsp3) is 0.400. The number of unbranched alkanes of at least 4 members (excludes halogenated alkanes) is 2. The van der Waals surface area contributed by atoms with Crippen molar-refractivity contribution in [1.29, 1.82) is 0 Å². The second kappa shape index (κ2) is 9.47. The van der Waals surface area contributed by atoms with E-state index in [1.807, 2.05) is 4.57 Å². The largest absolute Gasteiger partial charge is 0.394 e. The highest BCUT2D eigenvalue weighted by Crippen LogP contribution is 2.20. The molecule has 160 valence electrons. The molecule has 0 aliphatic rings. The zero-order chi connectivity index (χ0) is 21.7. The van der Waals surface area contributed by atoms with Crippen LogP contribution in [0.2, 0.25) is 0 Å². The molecule has 0 aliphatic carbocycles. The van der Waals surface area contributed by atoms with Gasteiger partial charge in [0.2, 0.25) is 0 Å². The molecule has 1 amide bonds. The third-order valence-corrected chi connectivity index (χ3v) is 4.83. The molecule has 0 atom stereocenters. The predicted molar refractivity (Wildman–Crippen MR) is 111 cm³/mol. The van der Waals surface area contributed by atoms with Crippen molar-refractivity contribution < 1.29 is 13.6 Å². The van der Waals surface area contributed by atoms with Gasteiger partial charge in [0.1, 0.15) is 29.5 Å². The van der Waals surface area contributed by atoms with Gasteiger partial charge in [0.05, 0.1) is 0 Å². The minimum absolute atomic E-state index is 0.103. The van der Waals surface area contributed by atoms with E-state index in [4.69, 9.17) is 11.5 Å². The van der Waals surface area contributed by atoms with Crippen LogP contribution in [-0.2, 0) is 13.0 Å². The lowest BCUT2D eigenvalue weighted by atomic mass is 10.1. The topological polar surface area (TPSA) is 125 Å². The van der Waals surface area contributed by atoms with Crippen LogP contribution in [0.1, 0.15) is 48.8 Å². The van der Waals surface area contributed by atoms with Gasteiger partial charge in [0.25, 0.3) is 5.91 Å². The third kappa shape index (κ3) is 4.64. The van der Waals surface area contributed by atoms with Gasteiger partial charge in [-0.2, -0.15) is 0 Å². The number of anilines is 2. The molecule has 0 radical (unpaired) electrons. The SMILES string of the molecule is CCCCc1nc2c(N)ncnc2n1CCCCNC(=O)c1cc(F)c(N)c(F)c1. The first-order chi connectivity index (χ1) is 14.4. The van der Waals surface area contributed by atoms with Gasteiger partial charge in [-0.3, -0.25) is 4.79 Å². The number of fused-ring (bicyclic) bond motifs is 1. The van der Waals surface area contributed by atoms with Crippen LogP contribution in [0.5, 0.6) is 0 Å². The summed E-state index contributed by atoms with van der Waals surface area (Å²) in [6.45, 7) is 3.14. The molecule has 8 nitrogen and oxygen atoms in total. The van der Waals surface area contributed by atoms with Crippen LogP contribution in [0.25, 0.3) is 11.2 Å². The van der Waals surface area contributed by atoms with Crippen LogP contribution in [0.3, 0.4) is 0 Å². The number of carbonyl (C=O) groups excluding carboxylic acids is 1. The molecule has 10 heteroatoms. The van der Waals surface area contributed by atoms with E-state index in [0.717, 1.165) is 43.6 Å². The summed E-state index contributed by atoms with van der Waals surface area (Å²) in [6, 6.07) is 1.85. The monoisotopic (exact) mass is 417 g/mol. The smallest absolute Gasteiger partial charge is 0.251 e. The van der Waals surface area contributed by atoms with Gasteiger partial charge >= 0.3 is 0 Å². The first kappa shape index (κ1) is 21.4. The highest BCUT2D eigenvalue weighted by molar-refractivity contribution is 5.94. The first-order valence-corrected chi connectivity index (χ1v) is 9.90. The van der Waals surface area contributed by atoms with E-state index in [1.165, 1.54) is 6.33 Å². The second-order valence-corrected chi connectivity index (χ2v) is 7.03. The molecule has 0 fully saturated rings. The summed E-state index contributed by atoms with van der Waals surface area (Å²) < 4.78 is 29.1. The van der Waals surface area contributed by atoms with Crippen LogP contribution >= 0.6 is 0 Å². The molecule has 1 aromatic carbocycles. The average molecular weight is 417 g/mol. The summed E-state index contributed by atoms with van der Waals surface area (Å²) in [7, 11) is 0. The number of nitrogens with two attached hydrogens (primary N) is 2. The molecule has 0 saturated carbocycles. The Balaban J connectivity index is 1.58. The molecule has 0 saturated heterocycles. The lowest BCUT2D eigenvalue weighted by molar-refractivity contribution is 0.0952. The Morgan fingerprint density at radius 3 is 2.57 bits per heavy atom. The quantitative estimate of drug-likeness (QED) is 0.363. The fourth-order valence-electron chi connectivity index (χ4n) is 3.17. The lowest BCUT2D eigenvalue weighted by Crippen LogP contribution is -2.25. The maximum absolute atomic E-state index is 13.5. The molecule has 0 bridgehead atoms. The Labute approximate surface area is 172 Å². The number of rotatable bonds is 9. The molecule has 2 heterocycles. The Kier molecular flexibility index (Phi) is 6.76. The van der Waals surface area contributed by atoms with Crippen molar-refractivity contribution in [2.45, 2.75) is 45.6 Å². The molecule has 30 heavy (non-hydrogen) atoms. The van der Waals surface area contributed by atoms with Gasteiger partial charge in [-0.25, -0.2) is 23.7 Å². The Morgan fingerprint density at radius 2 is 1.87 bits per heavy atom. The zero-order valence-electron chi connectivity index (χ0n) is 16.8. The van der Waals surface area contributed by atoms with Crippen LogP contribution in [0.15, 0.2) is 18.5 Å². The van der Waals surface area contributed by atoms with Crippen molar-refractivity contribution in [3.63, 3.8) is 0 Å². The molecular weight excluding hydrogens is 392 g/mol. The standard InChI is InChI=1S/C20H25F2N7O/c1-2-3-6-15-28-17-18(24)26-11-27-19(17)29(15)8-5-4-7-25-20(30)12-9-13(21)16(23)14(22)10-12/h9-11H,2-8,23H2,1H3,(H,25,30)(H2,24,26,27). The van der Waals surface area contributed by atoms with Crippen molar-refractivity contribution >= 4 is 28.6 Å². The van der Waals surface area contributed by atoms with Crippen LogP contribution < -0.4 is 16.8 Å². The van der Waals surface area contributed by atoms with Gasteiger partial charge in [-0.1, -0.05) is 13.3 Å². The number of nitrogens with one attached hydrogen (secondary N) is 1. The van der Waals surface area contributed by atoms with Crippen LogP contribution in [0, 0.1) is 11.6 Å². The summed E-state index contributed by atoms with van der Waals surface area (Å²) in [6.07, 6.45) is 5.70. The van der Waals surface area contributed by atoms with Gasteiger partial charge < -0.3 is 21.4 Å². The number of halogens is 2. The third-order valence-electron chi connectivity index (χ3n) is 4.83. The molecule has 5 N–H and O–H groups in total. The molecule has 0 aliphatic heterocycles. The number of aryl methyl sites for hydroxylation is 2. The van der Waals surface area contributed by atoms with Crippen molar-refractivity contribution in [2.75, 3.05) is 18.0 Å². The summed E-state index contributed by atoms with van der Waals surface area (Å²) in [5.74, 6) is -1.19. The number of benzene rings is 1. The van der Waals surface area contributed by atoms with E-state index in [-0.39, 0.29) is 5.56 Å². The van der Waals surface area contributed by atoms with Crippen molar-refractivity contribution in [3.8, 4) is 0 Å². The number of hydrogen-bond donors (Lipinski definition) is 3. The predicted octanol–water partition coefficient (Wildman–Crippen LogP) is 2.82. The van der Waals surface area contributed by atoms with Crippen LogP contribution in [-0.4, -0.2) is 32.0 Å². The second-order valence-electron chi connectivity index (χ2n) is 7.03. The molecule has 0 unspecified atom stereocenters. The Bertz CT molecular complexity index is 1030. The highest BCUT2D eigenvalue weighted by Gasteiger charge is 2.15. The summed E-state index contributed by atoms with van der Waals surface area (Å²) in [5, 5.41) is 2.66. The number of amides is 1.